The molecule has 0 saturated heterocycles. The fourth-order valence-corrected chi connectivity index (χ4v) is 4.77. The van der Waals surface area contributed by atoms with E-state index in [9.17, 15) is 14.4 Å². The van der Waals surface area contributed by atoms with Crippen molar-refractivity contribution in [1.29, 1.82) is 0 Å². The van der Waals surface area contributed by atoms with E-state index in [1.165, 1.54) is 0 Å². The van der Waals surface area contributed by atoms with E-state index in [-0.39, 0.29) is 23.8 Å². The molecule has 0 saturated carbocycles. The highest BCUT2D eigenvalue weighted by molar-refractivity contribution is 5.92. The zero-order valence-electron chi connectivity index (χ0n) is 26.7. The number of benzene rings is 2. The highest BCUT2D eigenvalue weighted by Gasteiger charge is 2.40. The van der Waals surface area contributed by atoms with Crippen molar-refractivity contribution >= 4 is 17.9 Å². The molecule has 3 amide bonds. The molecule has 0 aliphatic heterocycles. The summed E-state index contributed by atoms with van der Waals surface area (Å²) in [5, 5.41) is 5.91. The van der Waals surface area contributed by atoms with E-state index < -0.39 is 23.8 Å². The summed E-state index contributed by atoms with van der Waals surface area (Å²) >= 11 is 0. The molecule has 0 fully saturated rings. The molecule has 7 nitrogen and oxygen atoms in total. The van der Waals surface area contributed by atoms with Crippen molar-refractivity contribution in [2.75, 3.05) is 0 Å². The number of aryl methyl sites for hydroxylation is 2. The van der Waals surface area contributed by atoms with E-state index in [2.05, 4.69) is 24.5 Å². The molecular formula is C34H51N3O4. The van der Waals surface area contributed by atoms with Crippen LogP contribution in [0.15, 0.2) is 48.5 Å². The summed E-state index contributed by atoms with van der Waals surface area (Å²) in [7, 11) is 0. The number of rotatable bonds is 12. The molecule has 2 rings (SSSR count). The van der Waals surface area contributed by atoms with Gasteiger partial charge in [0.05, 0.1) is 0 Å². The van der Waals surface area contributed by atoms with Crippen LogP contribution in [0, 0.1) is 25.7 Å². The van der Waals surface area contributed by atoms with Crippen LogP contribution < -0.4 is 10.6 Å². The molecule has 226 valence electrons. The molecule has 3 atom stereocenters. The van der Waals surface area contributed by atoms with Crippen LogP contribution in [0.5, 0.6) is 0 Å². The predicted molar refractivity (Wildman–Crippen MR) is 165 cm³/mol. The van der Waals surface area contributed by atoms with Crippen molar-refractivity contribution in [3.63, 3.8) is 0 Å². The number of nitrogens with one attached hydrogen (secondary N) is 2. The van der Waals surface area contributed by atoms with Gasteiger partial charge in [-0.3, -0.25) is 9.59 Å². The maximum Gasteiger partial charge on any atom is 0.408 e. The van der Waals surface area contributed by atoms with Gasteiger partial charge >= 0.3 is 6.09 Å². The molecule has 0 aromatic heterocycles. The molecule has 0 aliphatic rings. The Morgan fingerprint density at radius 2 is 1.54 bits per heavy atom. The number of carbonyl (C=O) groups excluding carboxylic acids is 3. The maximum absolute atomic E-state index is 14.5. The lowest BCUT2D eigenvalue weighted by Crippen LogP contribution is -2.57. The first-order chi connectivity index (χ1) is 19.1. The van der Waals surface area contributed by atoms with Crippen LogP contribution in [0.2, 0.25) is 0 Å². The topological polar surface area (TPSA) is 87.7 Å². The van der Waals surface area contributed by atoms with E-state index in [1.54, 1.807) is 25.7 Å². The summed E-state index contributed by atoms with van der Waals surface area (Å²) in [6, 6.07) is 13.7. The van der Waals surface area contributed by atoms with Crippen LogP contribution in [0.3, 0.4) is 0 Å². The number of alkyl carbamates (subject to hydrolysis) is 1. The van der Waals surface area contributed by atoms with E-state index in [4.69, 9.17) is 4.74 Å². The predicted octanol–water partition coefficient (Wildman–Crippen LogP) is 6.86. The van der Waals surface area contributed by atoms with Crippen LogP contribution in [0.1, 0.15) is 96.5 Å². The third-order valence-corrected chi connectivity index (χ3v) is 7.06. The minimum absolute atomic E-state index is 0.235. The standard InChI is InChI=1S/C34H51N3O4/c1-22(2)16-19-26(7)37(32(39)29(23(3)4)36-33(40)41-34(8,9)10)30(28-20-24(5)17-18-25(28)6)31(38)35-21-27-14-12-11-13-15-27/h11-15,17-18,20,22-23,26,29-30H,16,19,21H2,1-10H3,(H,35,38)(H,36,40). The van der Waals surface area contributed by atoms with Gasteiger partial charge in [0.25, 0.3) is 0 Å². The first kappa shape index (κ1) is 33.9. The zero-order chi connectivity index (χ0) is 30.9. The summed E-state index contributed by atoms with van der Waals surface area (Å²) in [5.74, 6) is -0.363. The molecule has 41 heavy (non-hydrogen) atoms. The number of amides is 3. The summed E-state index contributed by atoms with van der Waals surface area (Å²) in [4.78, 5) is 43.2. The number of hydrogen-bond donors (Lipinski definition) is 2. The molecule has 3 unspecified atom stereocenters. The molecular weight excluding hydrogens is 514 g/mol. The molecule has 0 spiro atoms. The normalized spacial score (nSPS) is 13.9. The van der Waals surface area contributed by atoms with Crippen molar-refractivity contribution in [2.45, 2.75) is 112 Å². The van der Waals surface area contributed by atoms with Gasteiger partial charge in [-0.15, -0.1) is 0 Å². The Morgan fingerprint density at radius 1 is 0.902 bits per heavy atom. The largest absolute Gasteiger partial charge is 0.444 e. The average Bonchev–Trinajstić information content (AvgIpc) is 2.88. The van der Waals surface area contributed by atoms with Gasteiger partial charge in [-0.25, -0.2) is 4.79 Å². The summed E-state index contributed by atoms with van der Waals surface area (Å²) < 4.78 is 5.50. The Hall–Kier alpha value is -3.35. The van der Waals surface area contributed by atoms with E-state index in [1.807, 2.05) is 83.1 Å². The second kappa shape index (κ2) is 15.0. The molecule has 0 heterocycles. The Morgan fingerprint density at radius 3 is 2.10 bits per heavy atom. The molecule has 0 bridgehead atoms. The smallest absolute Gasteiger partial charge is 0.408 e. The zero-order valence-corrected chi connectivity index (χ0v) is 26.7. The second-order valence-corrected chi connectivity index (χ2v) is 12.9. The monoisotopic (exact) mass is 565 g/mol. The van der Waals surface area contributed by atoms with Crippen LogP contribution in [0.25, 0.3) is 0 Å². The Kier molecular flexibility index (Phi) is 12.4. The van der Waals surface area contributed by atoms with Gasteiger partial charge < -0.3 is 20.3 Å². The van der Waals surface area contributed by atoms with Gasteiger partial charge in [0, 0.05) is 12.6 Å². The molecule has 0 aliphatic carbocycles. The first-order valence-corrected chi connectivity index (χ1v) is 14.8. The number of ether oxygens (including phenoxy) is 1. The Balaban J connectivity index is 2.61. The Bertz CT molecular complexity index is 1150. The van der Waals surface area contributed by atoms with Gasteiger partial charge in [-0.1, -0.05) is 81.8 Å². The van der Waals surface area contributed by atoms with Crippen LogP contribution in [-0.4, -0.2) is 40.5 Å². The highest BCUT2D eigenvalue weighted by Crippen LogP contribution is 2.31. The van der Waals surface area contributed by atoms with E-state index in [0.29, 0.717) is 18.9 Å². The second-order valence-electron chi connectivity index (χ2n) is 12.9. The van der Waals surface area contributed by atoms with Gasteiger partial charge in [0.15, 0.2) is 0 Å². The van der Waals surface area contributed by atoms with Gasteiger partial charge in [0.1, 0.15) is 17.7 Å². The van der Waals surface area contributed by atoms with Crippen molar-refractivity contribution < 1.29 is 19.1 Å². The van der Waals surface area contributed by atoms with Gasteiger partial charge in [-0.2, -0.15) is 0 Å². The number of hydrogen-bond acceptors (Lipinski definition) is 4. The molecule has 2 aromatic carbocycles. The van der Waals surface area contributed by atoms with Crippen molar-refractivity contribution in [2.24, 2.45) is 11.8 Å². The minimum Gasteiger partial charge on any atom is -0.444 e. The van der Waals surface area contributed by atoms with Gasteiger partial charge in [0.2, 0.25) is 11.8 Å². The molecule has 0 radical (unpaired) electrons. The Labute approximate surface area is 247 Å². The lowest BCUT2D eigenvalue weighted by atomic mass is 9.92. The summed E-state index contributed by atoms with van der Waals surface area (Å²) in [6.45, 7) is 19.7. The van der Waals surface area contributed by atoms with E-state index in [0.717, 1.165) is 28.7 Å². The van der Waals surface area contributed by atoms with Gasteiger partial charge in [-0.05, 0) is 82.9 Å². The lowest BCUT2D eigenvalue weighted by molar-refractivity contribution is -0.146. The summed E-state index contributed by atoms with van der Waals surface area (Å²) in [5.41, 5.74) is 2.96. The van der Waals surface area contributed by atoms with Crippen LogP contribution in [0.4, 0.5) is 4.79 Å². The molecule has 2 aromatic rings. The molecule has 7 heteroatoms. The third-order valence-electron chi connectivity index (χ3n) is 7.06. The maximum atomic E-state index is 14.5. The van der Waals surface area contributed by atoms with Crippen molar-refractivity contribution in [3.8, 4) is 0 Å². The van der Waals surface area contributed by atoms with Crippen LogP contribution in [-0.2, 0) is 20.9 Å². The lowest BCUT2D eigenvalue weighted by Gasteiger charge is -2.40. The first-order valence-electron chi connectivity index (χ1n) is 14.8. The summed E-state index contributed by atoms with van der Waals surface area (Å²) in [6.07, 6.45) is 0.951. The van der Waals surface area contributed by atoms with Crippen molar-refractivity contribution in [1.82, 2.24) is 15.5 Å². The average molecular weight is 566 g/mol. The number of carbonyl (C=O) groups is 3. The minimum atomic E-state index is -0.880. The SMILES string of the molecule is Cc1ccc(C)c(C(C(=O)NCc2ccccc2)N(C(=O)C(NC(=O)OC(C)(C)C)C(C)C)C(C)CCC(C)C)c1. The number of nitrogens with zero attached hydrogens (tertiary/aromatic N) is 1. The molecule has 2 N–H and O–H groups in total. The highest BCUT2D eigenvalue weighted by atomic mass is 16.6. The fraction of sp³-hybridized carbons (Fsp3) is 0.559. The van der Waals surface area contributed by atoms with Crippen LogP contribution >= 0.6 is 0 Å². The fourth-order valence-electron chi connectivity index (χ4n) is 4.77. The quantitative estimate of drug-likeness (QED) is 0.294. The van der Waals surface area contributed by atoms with E-state index >= 15 is 0 Å². The third kappa shape index (κ3) is 10.5. The van der Waals surface area contributed by atoms with Crippen molar-refractivity contribution in [3.05, 3.63) is 70.8 Å².